The average molecular weight is 212 g/mol. The molecule has 0 aliphatic heterocycles. The molecule has 0 fully saturated rings. The van der Waals surface area contributed by atoms with E-state index in [0.29, 0.717) is 0 Å². The average Bonchev–Trinajstić information content (AvgIpc) is 2.34. The Morgan fingerprint density at radius 2 is 1.88 bits per heavy atom. The second kappa shape index (κ2) is 8.80. The highest BCUT2D eigenvalue weighted by Crippen LogP contribution is 2.02. The van der Waals surface area contributed by atoms with Crippen LogP contribution in [0.1, 0.15) is 44.6 Å². The second-order valence-corrected chi connectivity index (χ2v) is 3.88. The zero-order chi connectivity index (χ0) is 11.5. The van der Waals surface area contributed by atoms with E-state index < -0.39 is 0 Å². The van der Waals surface area contributed by atoms with Crippen LogP contribution in [-0.4, -0.2) is 0 Å². The standard InChI is InChI=1S/C16H20/c1-2-3-4-5-6-7-8-10-13-16-14-11-9-12-15-16/h9-15H,2-6H2,1H3/b13-10+. The molecular formula is C16H20. The maximum Gasteiger partial charge on any atom is 0.00922 e. The van der Waals surface area contributed by atoms with Crippen LogP contribution in [0.5, 0.6) is 0 Å². The number of hydrogen-bond acceptors (Lipinski definition) is 0. The summed E-state index contributed by atoms with van der Waals surface area (Å²) < 4.78 is 0. The van der Waals surface area contributed by atoms with Crippen LogP contribution >= 0.6 is 0 Å². The minimum Gasteiger partial charge on any atom is -0.0985 e. The van der Waals surface area contributed by atoms with Crippen molar-refractivity contribution in [1.82, 2.24) is 0 Å². The summed E-state index contributed by atoms with van der Waals surface area (Å²) in [5.74, 6) is 6.26. The minimum atomic E-state index is 1.03. The van der Waals surface area contributed by atoms with Gasteiger partial charge in [-0.3, -0.25) is 0 Å². The van der Waals surface area contributed by atoms with Gasteiger partial charge in [-0.1, -0.05) is 68.4 Å². The molecule has 0 aromatic heterocycles. The molecule has 0 heterocycles. The fraction of sp³-hybridized carbons (Fsp3) is 0.375. The van der Waals surface area contributed by atoms with Crippen molar-refractivity contribution in [2.45, 2.75) is 39.0 Å². The van der Waals surface area contributed by atoms with Gasteiger partial charge in [0.2, 0.25) is 0 Å². The van der Waals surface area contributed by atoms with E-state index in [4.69, 9.17) is 0 Å². The van der Waals surface area contributed by atoms with Crippen LogP contribution in [0.3, 0.4) is 0 Å². The third-order valence-electron chi connectivity index (χ3n) is 2.42. The van der Waals surface area contributed by atoms with Crippen molar-refractivity contribution < 1.29 is 0 Å². The fourth-order valence-electron chi connectivity index (χ4n) is 1.47. The largest absolute Gasteiger partial charge is 0.0985 e. The molecular weight excluding hydrogens is 192 g/mol. The van der Waals surface area contributed by atoms with Crippen molar-refractivity contribution in [3.05, 3.63) is 42.0 Å². The molecule has 0 heteroatoms. The third kappa shape index (κ3) is 6.09. The molecule has 0 unspecified atom stereocenters. The lowest BCUT2D eigenvalue weighted by atomic mass is 10.1. The Hall–Kier alpha value is -1.48. The van der Waals surface area contributed by atoms with Crippen LogP contribution < -0.4 is 0 Å². The first-order chi connectivity index (χ1) is 7.93. The van der Waals surface area contributed by atoms with Gasteiger partial charge in [0.05, 0.1) is 0 Å². The number of benzene rings is 1. The van der Waals surface area contributed by atoms with Crippen molar-refractivity contribution in [2.75, 3.05) is 0 Å². The number of unbranched alkanes of at least 4 members (excludes halogenated alkanes) is 4. The van der Waals surface area contributed by atoms with E-state index in [1.165, 1.54) is 31.2 Å². The second-order valence-electron chi connectivity index (χ2n) is 3.88. The van der Waals surface area contributed by atoms with E-state index in [1.54, 1.807) is 0 Å². The summed E-state index contributed by atoms with van der Waals surface area (Å²) in [6.07, 6.45) is 10.2. The topological polar surface area (TPSA) is 0 Å². The van der Waals surface area contributed by atoms with Crippen LogP contribution in [0.2, 0.25) is 0 Å². The monoisotopic (exact) mass is 212 g/mol. The molecule has 0 aliphatic rings. The Morgan fingerprint density at radius 1 is 1.06 bits per heavy atom. The minimum absolute atomic E-state index is 1.03. The summed E-state index contributed by atoms with van der Waals surface area (Å²) in [5.41, 5.74) is 1.21. The molecule has 0 saturated carbocycles. The molecule has 0 bridgehead atoms. The highest BCUT2D eigenvalue weighted by Gasteiger charge is 1.83. The highest BCUT2D eigenvalue weighted by molar-refractivity contribution is 5.52. The Kier molecular flexibility index (Phi) is 6.92. The molecule has 0 nitrogen and oxygen atoms in total. The van der Waals surface area contributed by atoms with Gasteiger partial charge in [0.25, 0.3) is 0 Å². The maximum absolute atomic E-state index is 3.18. The van der Waals surface area contributed by atoms with Crippen LogP contribution in [-0.2, 0) is 0 Å². The molecule has 0 spiro atoms. The molecule has 84 valence electrons. The maximum atomic E-state index is 3.18. The molecule has 0 amide bonds. The highest BCUT2D eigenvalue weighted by atomic mass is 13.9. The Morgan fingerprint density at radius 3 is 2.62 bits per heavy atom. The molecule has 0 saturated heterocycles. The first-order valence-corrected chi connectivity index (χ1v) is 6.13. The van der Waals surface area contributed by atoms with Crippen LogP contribution in [0, 0.1) is 11.8 Å². The fourth-order valence-corrected chi connectivity index (χ4v) is 1.47. The van der Waals surface area contributed by atoms with Gasteiger partial charge >= 0.3 is 0 Å². The lowest BCUT2D eigenvalue weighted by Crippen LogP contribution is -1.73. The Labute approximate surface area is 99.4 Å². The van der Waals surface area contributed by atoms with Gasteiger partial charge in [0, 0.05) is 6.42 Å². The quantitative estimate of drug-likeness (QED) is 0.491. The van der Waals surface area contributed by atoms with Gasteiger partial charge in [-0.25, -0.2) is 0 Å². The van der Waals surface area contributed by atoms with E-state index in [-0.39, 0.29) is 0 Å². The van der Waals surface area contributed by atoms with Gasteiger partial charge in [-0.05, 0) is 24.1 Å². The summed E-state index contributed by atoms with van der Waals surface area (Å²) >= 11 is 0. The lowest BCUT2D eigenvalue weighted by molar-refractivity contribution is 0.680. The van der Waals surface area contributed by atoms with E-state index in [2.05, 4.69) is 37.0 Å². The normalized spacial score (nSPS) is 10.1. The number of rotatable bonds is 5. The molecule has 0 aliphatic carbocycles. The van der Waals surface area contributed by atoms with E-state index in [1.807, 2.05) is 24.3 Å². The van der Waals surface area contributed by atoms with Crippen LogP contribution in [0.25, 0.3) is 6.08 Å². The predicted octanol–water partition coefficient (Wildman–Crippen LogP) is 4.67. The number of allylic oxidation sites excluding steroid dienone is 1. The van der Waals surface area contributed by atoms with Crippen molar-refractivity contribution in [2.24, 2.45) is 0 Å². The van der Waals surface area contributed by atoms with Gasteiger partial charge < -0.3 is 0 Å². The van der Waals surface area contributed by atoms with Gasteiger partial charge in [-0.2, -0.15) is 0 Å². The van der Waals surface area contributed by atoms with Gasteiger partial charge in [0.15, 0.2) is 0 Å². The third-order valence-corrected chi connectivity index (χ3v) is 2.42. The predicted molar refractivity (Wildman–Crippen MR) is 72.0 cm³/mol. The summed E-state index contributed by atoms with van der Waals surface area (Å²) in [7, 11) is 0. The van der Waals surface area contributed by atoms with Crippen molar-refractivity contribution in [1.29, 1.82) is 0 Å². The molecule has 0 radical (unpaired) electrons. The summed E-state index contributed by atoms with van der Waals surface area (Å²) in [5, 5.41) is 0. The smallest absolute Gasteiger partial charge is 0.00922 e. The SMILES string of the molecule is CCCCCCC#C/C=C/c1ccccc1. The van der Waals surface area contributed by atoms with Crippen molar-refractivity contribution >= 4 is 6.08 Å². The van der Waals surface area contributed by atoms with Gasteiger partial charge in [-0.15, -0.1) is 0 Å². The zero-order valence-electron chi connectivity index (χ0n) is 10.1. The Bertz CT molecular complexity index is 349. The summed E-state index contributed by atoms with van der Waals surface area (Å²) in [6.45, 7) is 2.23. The zero-order valence-corrected chi connectivity index (χ0v) is 10.1. The molecule has 1 rings (SSSR count). The van der Waals surface area contributed by atoms with Crippen molar-refractivity contribution in [3.8, 4) is 11.8 Å². The Balaban J connectivity index is 2.19. The van der Waals surface area contributed by atoms with Crippen LogP contribution in [0.4, 0.5) is 0 Å². The molecule has 0 N–H and O–H groups in total. The summed E-state index contributed by atoms with van der Waals surface area (Å²) in [6, 6.07) is 10.3. The van der Waals surface area contributed by atoms with E-state index in [9.17, 15) is 0 Å². The van der Waals surface area contributed by atoms with E-state index >= 15 is 0 Å². The molecule has 16 heavy (non-hydrogen) atoms. The van der Waals surface area contributed by atoms with Crippen LogP contribution in [0.15, 0.2) is 36.4 Å². The first kappa shape index (κ1) is 12.6. The molecule has 1 aromatic carbocycles. The lowest BCUT2D eigenvalue weighted by Gasteiger charge is -1.91. The van der Waals surface area contributed by atoms with E-state index in [0.717, 1.165) is 6.42 Å². The number of hydrogen-bond donors (Lipinski definition) is 0. The molecule has 0 atom stereocenters. The van der Waals surface area contributed by atoms with Crippen molar-refractivity contribution in [3.63, 3.8) is 0 Å². The van der Waals surface area contributed by atoms with Gasteiger partial charge in [0.1, 0.15) is 0 Å². The molecule has 1 aromatic rings. The first-order valence-electron chi connectivity index (χ1n) is 6.13. The summed E-state index contributed by atoms with van der Waals surface area (Å²) in [4.78, 5) is 0.